The molecule has 0 spiro atoms. The van der Waals surface area contributed by atoms with E-state index in [0.29, 0.717) is 12.4 Å². The molecule has 0 heterocycles. The normalized spacial score (nSPS) is 14.6. The summed E-state index contributed by atoms with van der Waals surface area (Å²) in [5.41, 5.74) is 0. The lowest BCUT2D eigenvalue weighted by atomic mass is 10.2. The summed E-state index contributed by atoms with van der Waals surface area (Å²) < 4.78 is 18.6. The molecular weight excluding hydrogens is 265 g/mol. The number of ether oxygens (including phenoxy) is 1. The maximum atomic E-state index is 13.1. The number of unbranched alkanes of at least 4 members (excludes halogenated alkanes) is 3. The van der Waals surface area contributed by atoms with Crippen LogP contribution in [0.3, 0.4) is 0 Å². The molecule has 0 bridgehead atoms. The fraction of sp³-hybridized carbons (Fsp3) is 0.600. The van der Waals surface area contributed by atoms with Crippen LogP contribution in [0.4, 0.5) is 4.39 Å². The van der Waals surface area contributed by atoms with Gasteiger partial charge in [-0.2, -0.15) is 0 Å². The Hall–Kier alpha value is -0.800. The van der Waals surface area contributed by atoms with Crippen molar-refractivity contribution in [1.82, 2.24) is 5.32 Å². The van der Waals surface area contributed by atoms with Crippen LogP contribution in [-0.2, 0) is 0 Å². The molecule has 4 heteroatoms. The molecule has 0 aromatic heterocycles. The molecule has 1 aromatic carbocycles. The van der Waals surface area contributed by atoms with Gasteiger partial charge in [-0.25, -0.2) is 4.39 Å². The molecule has 1 saturated carbocycles. The summed E-state index contributed by atoms with van der Waals surface area (Å²) in [5, 5.41) is 3.63. The largest absolute Gasteiger partial charge is 0.493 e. The van der Waals surface area contributed by atoms with Crippen LogP contribution in [0.5, 0.6) is 5.75 Å². The minimum atomic E-state index is -0.426. The van der Waals surface area contributed by atoms with Crippen molar-refractivity contribution in [2.45, 2.75) is 44.6 Å². The molecule has 106 valence electrons. The molecule has 1 aliphatic carbocycles. The Balaban J connectivity index is 1.47. The van der Waals surface area contributed by atoms with Crippen LogP contribution < -0.4 is 10.1 Å². The maximum Gasteiger partial charge on any atom is 0.145 e. The summed E-state index contributed by atoms with van der Waals surface area (Å²) >= 11 is 5.60. The zero-order chi connectivity index (χ0) is 13.5. The Morgan fingerprint density at radius 3 is 2.74 bits per heavy atom. The average Bonchev–Trinajstić information content (AvgIpc) is 3.21. The second-order valence-corrected chi connectivity index (χ2v) is 5.47. The summed E-state index contributed by atoms with van der Waals surface area (Å²) in [4.78, 5) is 0. The summed E-state index contributed by atoms with van der Waals surface area (Å²) in [6.45, 7) is 1.77. The van der Waals surface area contributed by atoms with Gasteiger partial charge in [0, 0.05) is 12.1 Å². The van der Waals surface area contributed by atoms with Gasteiger partial charge >= 0.3 is 0 Å². The number of hydrogen-bond acceptors (Lipinski definition) is 2. The van der Waals surface area contributed by atoms with Crippen LogP contribution in [-0.4, -0.2) is 19.2 Å². The van der Waals surface area contributed by atoms with E-state index < -0.39 is 5.82 Å². The lowest BCUT2D eigenvalue weighted by Crippen LogP contribution is -2.17. The van der Waals surface area contributed by atoms with Crippen molar-refractivity contribution in [3.63, 3.8) is 0 Å². The Morgan fingerprint density at radius 1 is 1.21 bits per heavy atom. The molecule has 0 amide bonds. The molecule has 2 rings (SSSR count). The van der Waals surface area contributed by atoms with E-state index in [0.717, 1.165) is 25.4 Å². The van der Waals surface area contributed by atoms with Crippen molar-refractivity contribution in [3.05, 3.63) is 29.0 Å². The smallest absolute Gasteiger partial charge is 0.145 e. The number of hydrogen-bond donors (Lipinski definition) is 1. The number of rotatable bonds is 9. The van der Waals surface area contributed by atoms with Gasteiger partial charge in [0.25, 0.3) is 0 Å². The van der Waals surface area contributed by atoms with E-state index >= 15 is 0 Å². The van der Waals surface area contributed by atoms with E-state index in [-0.39, 0.29) is 5.02 Å². The third-order valence-corrected chi connectivity index (χ3v) is 3.55. The first kappa shape index (κ1) is 14.6. The SMILES string of the molecule is Fc1cc(OCCCCCCNC2CC2)ccc1Cl. The number of halogens is 2. The highest BCUT2D eigenvalue weighted by molar-refractivity contribution is 6.30. The lowest BCUT2D eigenvalue weighted by molar-refractivity contribution is 0.303. The van der Waals surface area contributed by atoms with Crippen molar-refractivity contribution in [3.8, 4) is 5.75 Å². The quantitative estimate of drug-likeness (QED) is 0.688. The average molecular weight is 286 g/mol. The topological polar surface area (TPSA) is 21.3 Å². The highest BCUT2D eigenvalue weighted by atomic mass is 35.5. The molecule has 1 aromatic rings. The zero-order valence-corrected chi connectivity index (χ0v) is 11.9. The molecule has 19 heavy (non-hydrogen) atoms. The van der Waals surface area contributed by atoms with Crippen molar-refractivity contribution in [1.29, 1.82) is 0 Å². The Kier molecular flexibility index (Phi) is 5.93. The van der Waals surface area contributed by atoms with Gasteiger partial charge in [-0.1, -0.05) is 24.4 Å². The first-order valence-corrected chi connectivity index (χ1v) is 7.45. The Morgan fingerprint density at radius 2 is 2.00 bits per heavy atom. The number of benzene rings is 1. The van der Waals surface area contributed by atoms with Crippen molar-refractivity contribution >= 4 is 11.6 Å². The van der Waals surface area contributed by atoms with Gasteiger partial charge in [0.2, 0.25) is 0 Å². The van der Waals surface area contributed by atoms with E-state index in [9.17, 15) is 4.39 Å². The van der Waals surface area contributed by atoms with E-state index in [1.54, 1.807) is 6.07 Å². The number of nitrogens with one attached hydrogen (secondary N) is 1. The molecule has 0 unspecified atom stereocenters. The monoisotopic (exact) mass is 285 g/mol. The molecule has 2 nitrogen and oxygen atoms in total. The third kappa shape index (κ3) is 5.79. The molecule has 0 saturated heterocycles. The zero-order valence-electron chi connectivity index (χ0n) is 11.1. The summed E-state index contributed by atoms with van der Waals surface area (Å²) in [7, 11) is 0. The second-order valence-electron chi connectivity index (χ2n) is 5.07. The van der Waals surface area contributed by atoms with Crippen molar-refractivity contribution < 1.29 is 9.13 Å². The maximum absolute atomic E-state index is 13.1. The molecule has 1 aliphatic rings. The van der Waals surface area contributed by atoms with Crippen molar-refractivity contribution in [2.24, 2.45) is 0 Å². The highest BCUT2D eigenvalue weighted by Crippen LogP contribution is 2.20. The molecule has 0 aliphatic heterocycles. The Bertz CT molecular complexity index is 396. The standard InChI is InChI=1S/C15H21ClFNO/c16-14-8-7-13(11-15(14)17)19-10-4-2-1-3-9-18-12-5-6-12/h7-8,11-12,18H,1-6,9-10H2. The van der Waals surface area contributed by atoms with Gasteiger partial charge in [-0.3, -0.25) is 0 Å². The predicted octanol–water partition coefficient (Wildman–Crippen LogP) is 4.17. The van der Waals surface area contributed by atoms with Crippen LogP contribution in [0.15, 0.2) is 18.2 Å². The first-order chi connectivity index (χ1) is 9.25. The molecule has 0 atom stereocenters. The lowest BCUT2D eigenvalue weighted by Gasteiger charge is -2.07. The first-order valence-electron chi connectivity index (χ1n) is 7.07. The van der Waals surface area contributed by atoms with E-state index in [1.165, 1.54) is 37.8 Å². The van der Waals surface area contributed by atoms with Crippen molar-refractivity contribution in [2.75, 3.05) is 13.2 Å². The van der Waals surface area contributed by atoms with Crippen LogP contribution in [0.25, 0.3) is 0 Å². The fourth-order valence-corrected chi connectivity index (χ4v) is 2.05. The van der Waals surface area contributed by atoms with Crippen LogP contribution in [0, 0.1) is 5.82 Å². The van der Waals surface area contributed by atoms with Crippen LogP contribution in [0.1, 0.15) is 38.5 Å². The predicted molar refractivity (Wildman–Crippen MR) is 76.4 cm³/mol. The Labute approximate surface area is 119 Å². The van der Waals surface area contributed by atoms with Gasteiger partial charge in [0.1, 0.15) is 11.6 Å². The summed E-state index contributed by atoms with van der Waals surface area (Å²) in [6.07, 6.45) is 7.32. The van der Waals surface area contributed by atoms with E-state index in [4.69, 9.17) is 16.3 Å². The molecule has 1 fully saturated rings. The van der Waals surface area contributed by atoms with E-state index in [1.807, 2.05) is 0 Å². The van der Waals surface area contributed by atoms with Gasteiger partial charge in [0.05, 0.1) is 11.6 Å². The molecule has 1 N–H and O–H groups in total. The highest BCUT2D eigenvalue weighted by Gasteiger charge is 2.19. The summed E-state index contributed by atoms with van der Waals surface area (Å²) in [6, 6.07) is 5.37. The van der Waals surface area contributed by atoms with Gasteiger partial charge in [0.15, 0.2) is 0 Å². The third-order valence-electron chi connectivity index (χ3n) is 3.24. The molecule has 0 radical (unpaired) electrons. The van der Waals surface area contributed by atoms with Crippen LogP contribution >= 0.6 is 11.6 Å². The second kappa shape index (κ2) is 7.71. The van der Waals surface area contributed by atoms with Gasteiger partial charge < -0.3 is 10.1 Å². The summed E-state index contributed by atoms with van der Waals surface area (Å²) in [5.74, 6) is 0.127. The van der Waals surface area contributed by atoms with Crippen LogP contribution in [0.2, 0.25) is 5.02 Å². The fourth-order valence-electron chi connectivity index (χ4n) is 1.93. The molecular formula is C15H21ClFNO. The minimum absolute atomic E-state index is 0.135. The van der Waals surface area contributed by atoms with Gasteiger partial charge in [-0.15, -0.1) is 0 Å². The minimum Gasteiger partial charge on any atom is -0.493 e. The van der Waals surface area contributed by atoms with Gasteiger partial charge in [-0.05, 0) is 44.4 Å². The van der Waals surface area contributed by atoms with E-state index in [2.05, 4.69) is 5.32 Å².